The first kappa shape index (κ1) is 24.9. The number of benzene rings is 3. The number of Topliss-reactive ketones (excluding diaryl/α,β-unsaturated/α-hetero) is 1. The molecule has 0 fully saturated rings. The number of carbonyl (C=O) groups is 2. The van der Waals surface area contributed by atoms with Gasteiger partial charge in [-0.1, -0.05) is 60.7 Å². The lowest BCUT2D eigenvalue weighted by Crippen LogP contribution is -2.26. The van der Waals surface area contributed by atoms with Crippen LogP contribution in [0.1, 0.15) is 42.3 Å². The summed E-state index contributed by atoms with van der Waals surface area (Å²) in [6.45, 7) is 6.18. The van der Waals surface area contributed by atoms with Crippen LogP contribution >= 0.6 is 0 Å². The average molecular weight is 459 g/mol. The number of ether oxygens (including phenoxy) is 2. The Morgan fingerprint density at radius 1 is 0.853 bits per heavy atom. The van der Waals surface area contributed by atoms with Crippen molar-refractivity contribution in [2.24, 2.45) is 0 Å². The van der Waals surface area contributed by atoms with Gasteiger partial charge in [-0.15, -0.1) is 0 Å². The Labute approximate surface area is 200 Å². The van der Waals surface area contributed by atoms with Gasteiger partial charge in [-0.2, -0.15) is 0 Å². The van der Waals surface area contributed by atoms with E-state index in [0.717, 1.165) is 33.6 Å². The molecule has 0 aromatic heterocycles. The molecule has 1 N–H and O–H groups in total. The highest BCUT2D eigenvalue weighted by Gasteiger charge is 2.17. The molecule has 0 bridgehead atoms. The summed E-state index contributed by atoms with van der Waals surface area (Å²) in [5.41, 5.74) is 5.98. The van der Waals surface area contributed by atoms with Crippen molar-refractivity contribution in [2.75, 3.05) is 13.2 Å². The molecule has 0 aliphatic rings. The van der Waals surface area contributed by atoms with E-state index in [1.165, 1.54) is 0 Å². The summed E-state index contributed by atoms with van der Waals surface area (Å²) < 4.78 is 11.1. The molecule has 176 valence electrons. The first-order chi connectivity index (χ1) is 16.4. The lowest BCUT2D eigenvalue weighted by molar-refractivity contribution is -0.149. The number of allylic oxidation sites excluding steroid dienone is 1. The van der Waals surface area contributed by atoms with Crippen molar-refractivity contribution >= 4 is 17.3 Å². The molecular weight excluding hydrogens is 428 g/mol. The van der Waals surface area contributed by atoms with Gasteiger partial charge in [-0.25, -0.2) is 4.79 Å². The maximum atomic E-state index is 11.4. The largest absolute Gasteiger partial charge is 0.490 e. The van der Waals surface area contributed by atoms with Crippen LogP contribution in [0.2, 0.25) is 0 Å². The topological polar surface area (TPSA) is 72.8 Å². The summed E-state index contributed by atoms with van der Waals surface area (Å²) in [6.07, 6.45) is 1.51. The van der Waals surface area contributed by atoms with Crippen LogP contribution in [0.4, 0.5) is 0 Å². The molecule has 0 aliphatic carbocycles. The Kier molecular flexibility index (Phi) is 8.77. The monoisotopic (exact) mass is 458 g/mol. The lowest BCUT2D eigenvalue weighted by Gasteiger charge is -2.12. The SMILES string of the molecule is CCOC(Cc1ccc(OC/C=C(\C)c2ccc(-c3ccc(C(C)=O)cc3)cc2)cc1)C(=O)O. The number of hydrogen-bond donors (Lipinski definition) is 1. The van der Waals surface area contributed by atoms with Gasteiger partial charge in [0.2, 0.25) is 0 Å². The van der Waals surface area contributed by atoms with Crippen LogP contribution in [0, 0.1) is 0 Å². The second kappa shape index (κ2) is 12.0. The second-order valence-electron chi connectivity index (χ2n) is 8.04. The molecule has 0 spiro atoms. The van der Waals surface area contributed by atoms with Gasteiger partial charge < -0.3 is 14.6 Å². The van der Waals surface area contributed by atoms with E-state index in [4.69, 9.17) is 9.47 Å². The molecule has 0 heterocycles. The van der Waals surface area contributed by atoms with Crippen molar-refractivity contribution < 1.29 is 24.2 Å². The number of hydrogen-bond acceptors (Lipinski definition) is 4. The van der Waals surface area contributed by atoms with Gasteiger partial charge in [0.1, 0.15) is 12.4 Å². The van der Waals surface area contributed by atoms with Gasteiger partial charge in [0.05, 0.1) is 0 Å². The van der Waals surface area contributed by atoms with E-state index in [1.54, 1.807) is 13.8 Å². The standard InChI is InChI=1S/C29H30O5/c1-4-33-28(29(31)32)19-22-5-15-27(16-6-22)34-18-17-20(2)23-7-11-25(12-8-23)26-13-9-24(10-14-26)21(3)30/h5-17,28H,4,18-19H2,1-3H3,(H,31,32)/b20-17+. The van der Waals surface area contributed by atoms with E-state index in [0.29, 0.717) is 25.2 Å². The molecule has 3 aromatic carbocycles. The van der Waals surface area contributed by atoms with E-state index < -0.39 is 12.1 Å². The predicted octanol–water partition coefficient (Wildman–Crippen LogP) is 6.07. The minimum atomic E-state index is -0.957. The summed E-state index contributed by atoms with van der Waals surface area (Å²) in [5, 5.41) is 9.22. The zero-order chi connectivity index (χ0) is 24.5. The smallest absolute Gasteiger partial charge is 0.333 e. The Morgan fingerprint density at radius 3 is 1.91 bits per heavy atom. The number of ketones is 1. The van der Waals surface area contributed by atoms with Crippen LogP contribution in [0.3, 0.4) is 0 Å². The number of carbonyl (C=O) groups excluding carboxylic acids is 1. The Morgan fingerprint density at radius 2 is 1.41 bits per heavy atom. The van der Waals surface area contributed by atoms with E-state index in [2.05, 4.69) is 24.3 Å². The maximum Gasteiger partial charge on any atom is 0.333 e. The van der Waals surface area contributed by atoms with Crippen LogP contribution in [0.15, 0.2) is 78.9 Å². The Balaban J connectivity index is 1.55. The zero-order valence-corrected chi connectivity index (χ0v) is 19.8. The molecule has 5 nitrogen and oxygen atoms in total. The molecule has 3 aromatic rings. The fraction of sp³-hybridized carbons (Fsp3) is 0.241. The van der Waals surface area contributed by atoms with Gasteiger partial charge in [-0.05, 0) is 66.8 Å². The number of rotatable bonds is 11. The molecular formula is C29H30O5. The van der Waals surface area contributed by atoms with Crippen molar-refractivity contribution in [3.05, 3.63) is 95.6 Å². The highest BCUT2D eigenvalue weighted by molar-refractivity contribution is 5.94. The minimum absolute atomic E-state index is 0.0641. The summed E-state index contributed by atoms with van der Waals surface area (Å²) >= 11 is 0. The zero-order valence-electron chi connectivity index (χ0n) is 19.8. The van der Waals surface area contributed by atoms with Gasteiger partial charge >= 0.3 is 5.97 Å². The molecule has 1 atom stereocenters. The predicted molar refractivity (Wildman–Crippen MR) is 134 cm³/mol. The lowest BCUT2D eigenvalue weighted by atomic mass is 9.99. The van der Waals surface area contributed by atoms with Crippen molar-refractivity contribution in [1.29, 1.82) is 0 Å². The van der Waals surface area contributed by atoms with E-state index >= 15 is 0 Å². The summed E-state index contributed by atoms with van der Waals surface area (Å²) in [4.78, 5) is 22.7. The molecule has 3 rings (SSSR count). The molecule has 5 heteroatoms. The van der Waals surface area contributed by atoms with Gasteiger partial charge in [0, 0.05) is 18.6 Å². The maximum absolute atomic E-state index is 11.4. The van der Waals surface area contributed by atoms with Crippen molar-refractivity contribution in [2.45, 2.75) is 33.3 Å². The molecule has 0 aliphatic heterocycles. The van der Waals surface area contributed by atoms with E-state index in [-0.39, 0.29) is 5.78 Å². The average Bonchev–Trinajstić information content (AvgIpc) is 2.85. The Bertz CT molecular complexity index is 1130. The van der Waals surface area contributed by atoms with Crippen molar-refractivity contribution in [3.8, 4) is 16.9 Å². The van der Waals surface area contributed by atoms with Gasteiger partial charge in [-0.3, -0.25) is 4.79 Å². The fourth-order valence-corrected chi connectivity index (χ4v) is 3.56. The summed E-state index contributed by atoms with van der Waals surface area (Å²) in [6, 6.07) is 23.3. The van der Waals surface area contributed by atoms with Crippen LogP contribution in [0.5, 0.6) is 5.75 Å². The number of carboxylic acid groups (broad SMARTS) is 1. The van der Waals surface area contributed by atoms with Gasteiger partial charge in [0.15, 0.2) is 11.9 Å². The molecule has 0 saturated carbocycles. The van der Waals surface area contributed by atoms with Crippen LogP contribution in [0.25, 0.3) is 16.7 Å². The fourth-order valence-electron chi connectivity index (χ4n) is 3.56. The van der Waals surface area contributed by atoms with Crippen molar-refractivity contribution in [1.82, 2.24) is 0 Å². The van der Waals surface area contributed by atoms with Crippen LogP contribution in [-0.2, 0) is 16.0 Å². The van der Waals surface area contributed by atoms with Crippen molar-refractivity contribution in [3.63, 3.8) is 0 Å². The first-order valence-electron chi connectivity index (χ1n) is 11.3. The third kappa shape index (κ3) is 6.90. The summed E-state index contributed by atoms with van der Waals surface area (Å²) in [7, 11) is 0. The van der Waals surface area contributed by atoms with E-state index in [1.807, 2.05) is 61.5 Å². The first-order valence-corrected chi connectivity index (χ1v) is 11.3. The molecule has 34 heavy (non-hydrogen) atoms. The molecule has 0 radical (unpaired) electrons. The number of aliphatic carboxylic acids is 1. The van der Waals surface area contributed by atoms with Gasteiger partial charge in [0.25, 0.3) is 0 Å². The summed E-state index contributed by atoms with van der Waals surface area (Å²) in [5.74, 6) is -0.170. The van der Waals surface area contributed by atoms with Crippen LogP contribution in [-0.4, -0.2) is 36.2 Å². The van der Waals surface area contributed by atoms with Crippen LogP contribution < -0.4 is 4.74 Å². The molecule has 1 unspecified atom stereocenters. The second-order valence-corrected chi connectivity index (χ2v) is 8.04. The molecule has 0 saturated heterocycles. The highest BCUT2D eigenvalue weighted by atomic mass is 16.5. The normalized spacial score (nSPS) is 12.3. The minimum Gasteiger partial charge on any atom is -0.490 e. The molecule has 0 amide bonds. The quantitative estimate of drug-likeness (QED) is 0.353. The third-order valence-electron chi connectivity index (χ3n) is 5.59. The van der Waals surface area contributed by atoms with E-state index in [9.17, 15) is 14.7 Å². The Hall–Kier alpha value is -3.70. The number of carboxylic acids is 1. The highest BCUT2D eigenvalue weighted by Crippen LogP contribution is 2.23. The third-order valence-corrected chi connectivity index (χ3v) is 5.59.